The number of alkyl halides is 3. The number of aryl methyl sites for hydroxylation is 1. The van der Waals surface area contributed by atoms with Crippen LogP contribution in [0.1, 0.15) is 46.8 Å². The van der Waals surface area contributed by atoms with Gasteiger partial charge in [0.2, 0.25) is 0 Å². The van der Waals surface area contributed by atoms with Crippen molar-refractivity contribution < 1.29 is 18.0 Å². The lowest BCUT2D eigenvalue weighted by molar-refractivity contribution is -0.137. The minimum absolute atomic E-state index is 0.0704. The number of likely N-dealkylation sites (tertiary alicyclic amines) is 1. The maximum atomic E-state index is 12.8. The first-order valence-electron chi connectivity index (χ1n) is 9.63. The number of hydrogen-bond acceptors (Lipinski definition) is 2. The summed E-state index contributed by atoms with van der Waals surface area (Å²) >= 11 is 0. The highest BCUT2D eigenvalue weighted by atomic mass is 19.4. The molecule has 1 N–H and O–H groups in total. The zero-order valence-electron chi connectivity index (χ0n) is 15.9. The van der Waals surface area contributed by atoms with Gasteiger partial charge in [0.1, 0.15) is 0 Å². The van der Waals surface area contributed by atoms with Gasteiger partial charge in [-0.15, -0.1) is 0 Å². The molecule has 150 valence electrons. The molecule has 0 bridgehead atoms. The molecule has 0 saturated carbocycles. The molecule has 0 aliphatic carbocycles. The largest absolute Gasteiger partial charge is 0.416 e. The number of nitrogens with one attached hydrogen (secondary N) is 1. The summed E-state index contributed by atoms with van der Waals surface area (Å²) in [6, 6.07) is 13.2. The van der Waals surface area contributed by atoms with E-state index in [2.05, 4.69) is 17.1 Å². The van der Waals surface area contributed by atoms with Gasteiger partial charge in [-0.1, -0.05) is 37.3 Å². The Kier molecular flexibility index (Phi) is 6.39. The Balaban J connectivity index is 1.50. The van der Waals surface area contributed by atoms with Gasteiger partial charge in [-0.3, -0.25) is 9.69 Å². The highest BCUT2D eigenvalue weighted by Crippen LogP contribution is 2.30. The summed E-state index contributed by atoms with van der Waals surface area (Å²) in [5, 5.41) is 3.07. The zero-order valence-corrected chi connectivity index (χ0v) is 15.9. The van der Waals surface area contributed by atoms with Crippen LogP contribution in [-0.2, 0) is 19.1 Å². The lowest BCUT2D eigenvalue weighted by atomic mass is 10.0. The number of nitrogens with zero attached hydrogens (tertiary/aromatic N) is 1. The topological polar surface area (TPSA) is 32.3 Å². The fourth-order valence-electron chi connectivity index (χ4n) is 3.50. The zero-order chi connectivity index (χ0) is 20.1. The molecule has 0 atom stereocenters. The van der Waals surface area contributed by atoms with Crippen molar-refractivity contribution >= 4 is 5.91 Å². The van der Waals surface area contributed by atoms with Crippen molar-refractivity contribution in [3.05, 3.63) is 70.8 Å². The fourth-order valence-corrected chi connectivity index (χ4v) is 3.50. The van der Waals surface area contributed by atoms with Crippen LogP contribution >= 0.6 is 0 Å². The second kappa shape index (κ2) is 8.78. The van der Waals surface area contributed by atoms with E-state index in [1.165, 1.54) is 17.7 Å². The van der Waals surface area contributed by atoms with Gasteiger partial charge in [0.25, 0.3) is 5.91 Å². The van der Waals surface area contributed by atoms with Gasteiger partial charge in [0.05, 0.1) is 5.56 Å². The van der Waals surface area contributed by atoms with Crippen LogP contribution in [0.15, 0.2) is 48.5 Å². The molecule has 1 aliphatic heterocycles. The van der Waals surface area contributed by atoms with E-state index in [0.29, 0.717) is 17.7 Å². The minimum atomic E-state index is -4.32. The molecule has 1 heterocycles. The number of benzene rings is 2. The Morgan fingerprint density at radius 3 is 2.36 bits per heavy atom. The number of carbonyl (C=O) groups excluding carboxylic acids is 1. The van der Waals surface area contributed by atoms with Gasteiger partial charge in [-0.25, -0.2) is 0 Å². The Morgan fingerprint density at radius 2 is 1.75 bits per heavy atom. The van der Waals surface area contributed by atoms with Crippen LogP contribution < -0.4 is 5.32 Å². The van der Waals surface area contributed by atoms with Crippen molar-refractivity contribution in [2.45, 2.75) is 44.9 Å². The summed E-state index contributed by atoms with van der Waals surface area (Å²) in [7, 11) is 0. The first-order valence-corrected chi connectivity index (χ1v) is 9.63. The van der Waals surface area contributed by atoms with Crippen LogP contribution in [0.4, 0.5) is 13.2 Å². The highest BCUT2D eigenvalue weighted by molar-refractivity contribution is 5.94. The van der Waals surface area contributed by atoms with E-state index in [-0.39, 0.29) is 11.9 Å². The maximum absolute atomic E-state index is 12.8. The summed E-state index contributed by atoms with van der Waals surface area (Å²) < 4.78 is 38.5. The second-order valence-corrected chi connectivity index (χ2v) is 7.27. The molecule has 1 amide bonds. The number of carbonyl (C=O) groups is 1. The molecule has 1 fully saturated rings. The molecule has 0 aromatic heterocycles. The van der Waals surface area contributed by atoms with Crippen LogP contribution in [-0.4, -0.2) is 29.9 Å². The molecule has 3 nitrogen and oxygen atoms in total. The van der Waals surface area contributed by atoms with Gasteiger partial charge in [-0.2, -0.15) is 13.2 Å². The molecule has 2 aromatic carbocycles. The molecular weight excluding hydrogens is 365 g/mol. The normalized spacial score (nSPS) is 16.1. The first kappa shape index (κ1) is 20.4. The number of rotatable bonds is 5. The fraction of sp³-hybridized carbons (Fsp3) is 0.409. The number of hydrogen-bond donors (Lipinski definition) is 1. The van der Waals surface area contributed by atoms with E-state index in [1.54, 1.807) is 6.07 Å². The van der Waals surface area contributed by atoms with Gasteiger partial charge in [0, 0.05) is 31.2 Å². The number of amides is 1. The standard InChI is InChI=1S/C22H25F3N2O/c1-2-16-6-8-18(9-7-16)21(28)26-20-10-12-27(13-11-20)15-17-4-3-5-19(14-17)22(23,24)25/h3-9,14,20H,2,10-13,15H2,1H3,(H,26,28). The smallest absolute Gasteiger partial charge is 0.349 e. The van der Waals surface area contributed by atoms with Crippen LogP contribution in [0.3, 0.4) is 0 Å². The van der Waals surface area contributed by atoms with E-state index in [0.717, 1.165) is 38.4 Å². The summed E-state index contributed by atoms with van der Waals surface area (Å²) in [6.45, 7) is 4.05. The first-order chi connectivity index (χ1) is 13.3. The van der Waals surface area contributed by atoms with Crippen molar-refractivity contribution in [1.29, 1.82) is 0 Å². The average molecular weight is 390 g/mol. The van der Waals surface area contributed by atoms with Crippen molar-refractivity contribution in [2.24, 2.45) is 0 Å². The van der Waals surface area contributed by atoms with Crippen LogP contribution in [0, 0.1) is 0 Å². The Hall–Kier alpha value is -2.34. The van der Waals surface area contributed by atoms with E-state index < -0.39 is 11.7 Å². The Labute approximate surface area is 163 Å². The third-order valence-corrected chi connectivity index (χ3v) is 5.21. The molecule has 0 radical (unpaired) electrons. The summed E-state index contributed by atoms with van der Waals surface area (Å²) in [6.07, 6.45) is -1.80. The molecule has 3 rings (SSSR count). The average Bonchev–Trinajstić information content (AvgIpc) is 2.69. The molecule has 0 unspecified atom stereocenters. The SMILES string of the molecule is CCc1ccc(C(=O)NC2CCN(Cc3cccc(C(F)(F)F)c3)CC2)cc1. The molecule has 1 aliphatic rings. The number of piperidine rings is 1. The quantitative estimate of drug-likeness (QED) is 0.805. The van der Waals surface area contributed by atoms with Gasteiger partial charge < -0.3 is 5.32 Å². The van der Waals surface area contributed by atoms with Crippen molar-refractivity contribution in [3.8, 4) is 0 Å². The molecule has 28 heavy (non-hydrogen) atoms. The lowest BCUT2D eigenvalue weighted by Gasteiger charge is -2.32. The predicted molar refractivity (Wildman–Crippen MR) is 103 cm³/mol. The summed E-state index contributed by atoms with van der Waals surface area (Å²) in [5.41, 5.74) is 1.90. The summed E-state index contributed by atoms with van der Waals surface area (Å²) in [5.74, 6) is -0.0704. The van der Waals surface area contributed by atoms with Crippen LogP contribution in [0.5, 0.6) is 0 Å². The monoisotopic (exact) mass is 390 g/mol. The second-order valence-electron chi connectivity index (χ2n) is 7.27. The van der Waals surface area contributed by atoms with E-state index >= 15 is 0 Å². The third kappa shape index (κ3) is 5.35. The Bertz CT molecular complexity index is 794. The van der Waals surface area contributed by atoms with E-state index in [4.69, 9.17) is 0 Å². The molecule has 0 spiro atoms. The summed E-state index contributed by atoms with van der Waals surface area (Å²) in [4.78, 5) is 14.5. The molecule has 6 heteroatoms. The van der Waals surface area contributed by atoms with Crippen molar-refractivity contribution in [2.75, 3.05) is 13.1 Å². The van der Waals surface area contributed by atoms with Crippen molar-refractivity contribution in [3.63, 3.8) is 0 Å². The third-order valence-electron chi connectivity index (χ3n) is 5.21. The number of halogens is 3. The van der Waals surface area contributed by atoms with Crippen LogP contribution in [0.25, 0.3) is 0 Å². The van der Waals surface area contributed by atoms with E-state index in [9.17, 15) is 18.0 Å². The highest BCUT2D eigenvalue weighted by Gasteiger charge is 2.30. The van der Waals surface area contributed by atoms with Gasteiger partial charge in [0.15, 0.2) is 0 Å². The van der Waals surface area contributed by atoms with Crippen LogP contribution in [0.2, 0.25) is 0 Å². The van der Waals surface area contributed by atoms with Gasteiger partial charge in [-0.05, 0) is 48.6 Å². The lowest BCUT2D eigenvalue weighted by Crippen LogP contribution is -2.44. The molecule has 2 aromatic rings. The molecular formula is C22H25F3N2O. The Morgan fingerprint density at radius 1 is 1.07 bits per heavy atom. The van der Waals surface area contributed by atoms with E-state index in [1.807, 2.05) is 24.3 Å². The van der Waals surface area contributed by atoms with Crippen molar-refractivity contribution in [1.82, 2.24) is 10.2 Å². The predicted octanol–water partition coefficient (Wildman–Crippen LogP) is 4.66. The minimum Gasteiger partial charge on any atom is -0.349 e. The molecule has 1 saturated heterocycles. The van der Waals surface area contributed by atoms with Gasteiger partial charge >= 0.3 is 6.18 Å². The maximum Gasteiger partial charge on any atom is 0.416 e.